The lowest BCUT2D eigenvalue weighted by Crippen LogP contribution is -2.45. The van der Waals surface area contributed by atoms with Gasteiger partial charge in [-0.25, -0.2) is 0 Å². The molecule has 0 aliphatic heterocycles. The van der Waals surface area contributed by atoms with Crippen molar-refractivity contribution in [3.05, 3.63) is 42.0 Å². The van der Waals surface area contributed by atoms with Crippen LogP contribution in [0, 0.1) is 0 Å². The average molecular weight is 328 g/mol. The van der Waals surface area contributed by atoms with Gasteiger partial charge in [0.05, 0.1) is 0 Å². The molecule has 21 heavy (non-hydrogen) atoms. The van der Waals surface area contributed by atoms with E-state index in [0.717, 1.165) is 12.1 Å². The summed E-state index contributed by atoms with van der Waals surface area (Å²) in [5.41, 5.74) is 4.73. The van der Waals surface area contributed by atoms with Gasteiger partial charge in [0, 0.05) is 0 Å². The van der Waals surface area contributed by atoms with Crippen molar-refractivity contribution in [1.82, 2.24) is 0 Å². The fourth-order valence-electron chi connectivity index (χ4n) is 1.83. The maximum atomic E-state index is 13.2. The topological polar surface area (TPSA) is 46.2 Å². The third-order valence-electron chi connectivity index (χ3n) is 2.98. The first kappa shape index (κ1) is 17.5. The van der Waals surface area contributed by atoms with Gasteiger partial charge >= 0.3 is 12.1 Å². The van der Waals surface area contributed by atoms with E-state index < -0.39 is 18.1 Å². The Hall–Kier alpha value is -1.60. The van der Waals surface area contributed by atoms with Crippen LogP contribution < -0.4 is 5.73 Å². The number of hydrogen-bond donors (Lipinski definition) is 2. The number of halogens is 6. The van der Waals surface area contributed by atoms with Gasteiger partial charge in [-0.15, -0.1) is 12.4 Å². The number of benzene rings is 2. The Morgan fingerprint density at radius 1 is 0.905 bits per heavy atom. The average Bonchev–Trinajstić information content (AvgIpc) is 2.35. The molecule has 0 saturated heterocycles. The lowest BCUT2D eigenvalue weighted by molar-refractivity contribution is -0.290. The molecule has 2 rings (SSSR count). The van der Waals surface area contributed by atoms with Crippen molar-refractivity contribution in [2.45, 2.75) is 18.1 Å². The van der Waals surface area contributed by atoms with E-state index in [2.05, 4.69) is 0 Å². The van der Waals surface area contributed by atoms with Crippen molar-refractivity contribution >= 4 is 23.2 Å². The minimum absolute atomic E-state index is 0. The smallest absolute Gasteiger partial charge is 0.455 e. The van der Waals surface area contributed by atoms with Gasteiger partial charge in [0.2, 0.25) is 0 Å². The van der Waals surface area contributed by atoms with Crippen molar-refractivity contribution in [2.75, 3.05) is 0 Å². The summed E-state index contributed by atoms with van der Waals surface area (Å²) in [7, 11) is 0. The molecular formula is C13H11ClF5NO. The summed E-state index contributed by atoms with van der Waals surface area (Å²) >= 11 is 0. The summed E-state index contributed by atoms with van der Waals surface area (Å²) in [6, 6.07) is 5.17. The molecule has 0 heterocycles. The van der Waals surface area contributed by atoms with Crippen molar-refractivity contribution in [3.63, 3.8) is 0 Å². The maximum Gasteiger partial charge on any atom is 0.455 e. The van der Waals surface area contributed by atoms with E-state index >= 15 is 0 Å². The second-order valence-electron chi connectivity index (χ2n) is 4.39. The van der Waals surface area contributed by atoms with Gasteiger partial charge < -0.3 is 10.8 Å². The molecule has 0 aliphatic rings. The number of phenols is 1. The van der Waals surface area contributed by atoms with Crippen LogP contribution in [0.3, 0.4) is 0 Å². The van der Waals surface area contributed by atoms with E-state index in [0.29, 0.717) is 10.8 Å². The standard InChI is InChI=1S/C13H10F5NO.ClH/c14-12(15,13(16,17)18)11(19)9-2-1-8-6-10(20)4-3-7(8)5-9;/h1-6,11,20H,19H2;1H/t11-;/m1./s1. The number of nitrogens with two attached hydrogens (primary N) is 1. The number of fused-ring (bicyclic) bond motifs is 1. The number of phenolic OH excluding ortho intramolecular Hbond substituents is 1. The lowest BCUT2D eigenvalue weighted by atomic mass is 9.98. The molecule has 3 N–H and O–H groups in total. The Labute approximate surface area is 122 Å². The summed E-state index contributed by atoms with van der Waals surface area (Å²) in [6.45, 7) is 0. The van der Waals surface area contributed by atoms with Crippen molar-refractivity contribution in [3.8, 4) is 5.75 Å². The van der Waals surface area contributed by atoms with Gasteiger partial charge in [-0.3, -0.25) is 0 Å². The van der Waals surface area contributed by atoms with E-state index in [9.17, 15) is 27.1 Å². The number of hydrogen-bond acceptors (Lipinski definition) is 2. The molecule has 0 bridgehead atoms. The predicted octanol–water partition coefficient (Wildman–Crippen LogP) is 4.16. The van der Waals surface area contributed by atoms with E-state index in [4.69, 9.17) is 5.73 Å². The van der Waals surface area contributed by atoms with Crippen LogP contribution >= 0.6 is 12.4 Å². The molecule has 0 aliphatic carbocycles. The van der Waals surface area contributed by atoms with E-state index in [1.54, 1.807) is 0 Å². The van der Waals surface area contributed by atoms with Gasteiger partial charge in [0.1, 0.15) is 11.8 Å². The first-order chi connectivity index (χ1) is 9.13. The zero-order chi connectivity index (χ0) is 15.1. The first-order valence-corrected chi connectivity index (χ1v) is 5.56. The molecule has 2 nitrogen and oxygen atoms in total. The second kappa shape index (κ2) is 5.65. The highest BCUT2D eigenvalue weighted by Crippen LogP contribution is 2.43. The molecule has 2 aromatic carbocycles. The third kappa shape index (κ3) is 3.19. The number of alkyl halides is 5. The van der Waals surface area contributed by atoms with Crippen LogP contribution in [0.15, 0.2) is 36.4 Å². The van der Waals surface area contributed by atoms with Gasteiger partial charge in [0.15, 0.2) is 0 Å². The summed E-state index contributed by atoms with van der Waals surface area (Å²) in [4.78, 5) is 0. The van der Waals surface area contributed by atoms with Gasteiger partial charge in [0.25, 0.3) is 0 Å². The maximum absolute atomic E-state index is 13.2. The third-order valence-corrected chi connectivity index (χ3v) is 2.98. The van der Waals surface area contributed by atoms with Gasteiger partial charge in [-0.1, -0.05) is 18.2 Å². The predicted molar refractivity (Wildman–Crippen MR) is 70.8 cm³/mol. The Balaban J connectivity index is 0.00000220. The molecule has 8 heteroatoms. The molecule has 0 unspecified atom stereocenters. The van der Waals surface area contributed by atoms with Crippen LogP contribution in [0.5, 0.6) is 5.75 Å². The largest absolute Gasteiger partial charge is 0.508 e. The fourth-order valence-corrected chi connectivity index (χ4v) is 1.83. The highest BCUT2D eigenvalue weighted by molar-refractivity contribution is 5.85. The first-order valence-electron chi connectivity index (χ1n) is 5.56. The van der Waals surface area contributed by atoms with Crippen LogP contribution in [-0.2, 0) is 0 Å². The molecule has 0 amide bonds. The number of aromatic hydroxyl groups is 1. The fraction of sp³-hybridized carbons (Fsp3) is 0.231. The zero-order valence-corrected chi connectivity index (χ0v) is 11.2. The Kier molecular flexibility index (Phi) is 4.70. The van der Waals surface area contributed by atoms with Crippen molar-refractivity contribution in [2.24, 2.45) is 5.73 Å². The SMILES string of the molecule is Cl.N[C@H](c1ccc2cc(O)ccc2c1)C(F)(F)C(F)(F)F. The molecule has 0 fully saturated rings. The van der Waals surface area contributed by atoms with Crippen LogP contribution in [0.4, 0.5) is 22.0 Å². The lowest BCUT2D eigenvalue weighted by Gasteiger charge is -2.26. The van der Waals surface area contributed by atoms with E-state index in [1.165, 1.54) is 24.3 Å². The monoisotopic (exact) mass is 327 g/mol. The normalized spacial score (nSPS) is 13.8. The summed E-state index contributed by atoms with van der Waals surface area (Å²) in [5, 5.41) is 10.2. The highest BCUT2D eigenvalue weighted by Gasteiger charge is 2.61. The Bertz CT molecular complexity index is 644. The van der Waals surface area contributed by atoms with Gasteiger partial charge in [-0.05, 0) is 34.5 Å². The van der Waals surface area contributed by atoms with Crippen LogP contribution in [0.2, 0.25) is 0 Å². The minimum Gasteiger partial charge on any atom is -0.508 e. The molecule has 116 valence electrons. The van der Waals surface area contributed by atoms with Crippen LogP contribution in [0.1, 0.15) is 11.6 Å². The van der Waals surface area contributed by atoms with Crippen LogP contribution in [0.25, 0.3) is 10.8 Å². The van der Waals surface area contributed by atoms with Crippen molar-refractivity contribution in [1.29, 1.82) is 0 Å². The molecule has 2 aromatic rings. The second-order valence-corrected chi connectivity index (χ2v) is 4.39. The molecule has 0 radical (unpaired) electrons. The van der Waals surface area contributed by atoms with E-state index in [-0.39, 0.29) is 23.7 Å². The molecule has 0 spiro atoms. The van der Waals surface area contributed by atoms with Crippen molar-refractivity contribution < 1.29 is 27.1 Å². The number of rotatable bonds is 2. The molecular weight excluding hydrogens is 317 g/mol. The Morgan fingerprint density at radius 3 is 2.00 bits per heavy atom. The summed E-state index contributed by atoms with van der Waals surface area (Å²) in [5.74, 6) is -5.05. The van der Waals surface area contributed by atoms with Gasteiger partial charge in [-0.2, -0.15) is 22.0 Å². The van der Waals surface area contributed by atoms with Crippen LogP contribution in [-0.4, -0.2) is 17.2 Å². The quantitative estimate of drug-likeness (QED) is 0.813. The minimum atomic E-state index is -5.71. The van der Waals surface area contributed by atoms with E-state index in [1.807, 2.05) is 0 Å². The summed E-state index contributed by atoms with van der Waals surface area (Å²) in [6.07, 6.45) is -5.71. The molecule has 0 saturated carbocycles. The Morgan fingerprint density at radius 2 is 1.43 bits per heavy atom. The molecule has 1 atom stereocenters. The molecule has 0 aromatic heterocycles. The summed E-state index contributed by atoms with van der Waals surface area (Å²) < 4.78 is 63.2. The zero-order valence-electron chi connectivity index (χ0n) is 10.4. The highest BCUT2D eigenvalue weighted by atomic mass is 35.5.